The lowest BCUT2D eigenvalue weighted by Gasteiger charge is -2.37. The standard InChI is InChI=1S/C27H31F2N7O3/c1-14-12-36(13-15(2)31-14)18-9-7-17(8-10-18)27(37)33-25-16(3)24(34-35-25)32-26(30-4)21-22(28)19(38-5)11-20(39-6)23(21)29/h7-11,14-15,31H,4,12-13H2,1-3,5-6H3,(H2,33,34,35,37)/b32-26-/t14-,15+. The van der Waals surface area contributed by atoms with E-state index < -0.39 is 17.2 Å². The fourth-order valence-corrected chi connectivity index (χ4v) is 4.52. The fourth-order valence-electron chi connectivity index (χ4n) is 4.52. The highest BCUT2D eigenvalue weighted by Crippen LogP contribution is 2.33. The van der Waals surface area contributed by atoms with Crippen molar-refractivity contribution in [1.82, 2.24) is 15.5 Å². The quantitative estimate of drug-likeness (QED) is 0.306. The molecular formula is C27H31F2N7O3. The minimum atomic E-state index is -1.01. The zero-order chi connectivity index (χ0) is 28.3. The van der Waals surface area contributed by atoms with Crippen LogP contribution in [0.5, 0.6) is 11.5 Å². The number of hydrogen-bond acceptors (Lipinski definition) is 7. The van der Waals surface area contributed by atoms with Crippen LogP contribution in [0.25, 0.3) is 0 Å². The highest BCUT2D eigenvalue weighted by Gasteiger charge is 2.25. The lowest BCUT2D eigenvalue weighted by Crippen LogP contribution is -2.54. The molecule has 1 amide bonds. The number of aromatic nitrogens is 2. The Morgan fingerprint density at radius 3 is 2.23 bits per heavy atom. The number of nitrogens with one attached hydrogen (secondary N) is 3. The second-order valence-electron chi connectivity index (χ2n) is 9.30. The van der Waals surface area contributed by atoms with Gasteiger partial charge in [0.05, 0.1) is 19.8 Å². The van der Waals surface area contributed by atoms with Crippen LogP contribution >= 0.6 is 0 Å². The molecule has 1 saturated heterocycles. The molecule has 12 heteroatoms. The summed E-state index contributed by atoms with van der Waals surface area (Å²) in [4.78, 5) is 23.1. The van der Waals surface area contributed by atoms with E-state index in [-0.39, 0.29) is 34.9 Å². The topological polar surface area (TPSA) is 116 Å². The Morgan fingerprint density at radius 2 is 1.69 bits per heavy atom. The molecule has 10 nitrogen and oxygen atoms in total. The fraction of sp³-hybridized carbons (Fsp3) is 0.333. The Labute approximate surface area is 225 Å². The van der Waals surface area contributed by atoms with E-state index >= 15 is 0 Å². The van der Waals surface area contributed by atoms with Gasteiger partial charge in [0, 0.05) is 48.1 Å². The number of aliphatic imine (C=N–C) groups is 2. The van der Waals surface area contributed by atoms with Crippen LogP contribution < -0.4 is 25.0 Å². The molecule has 0 spiro atoms. The van der Waals surface area contributed by atoms with Crippen molar-refractivity contribution >= 4 is 35.8 Å². The van der Waals surface area contributed by atoms with Crippen molar-refractivity contribution in [3.8, 4) is 11.5 Å². The second kappa shape index (κ2) is 11.6. The first-order valence-corrected chi connectivity index (χ1v) is 12.3. The average Bonchev–Trinajstić information content (AvgIpc) is 3.26. The lowest BCUT2D eigenvalue weighted by atomic mass is 10.1. The van der Waals surface area contributed by atoms with E-state index in [0.29, 0.717) is 23.2 Å². The number of methoxy groups -OCH3 is 2. The van der Waals surface area contributed by atoms with Crippen LogP contribution in [0.4, 0.5) is 26.1 Å². The Bertz CT molecular complexity index is 1370. The highest BCUT2D eigenvalue weighted by atomic mass is 19.1. The van der Waals surface area contributed by atoms with E-state index in [1.165, 1.54) is 14.2 Å². The van der Waals surface area contributed by atoms with Crippen molar-refractivity contribution in [3.05, 3.63) is 58.7 Å². The third kappa shape index (κ3) is 5.75. The number of H-pyrrole nitrogens is 1. The van der Waals surface area contributed by atoms with Gasteiger partial charge >= 0.3 is 0 Å². The van der Waals surface area contributed by atoms with Crippen molar-refractivity contribution < 1.29 is 23.0 Å². The van der Waals surface area contributed by atoms with Gasteiger partial charge in [-0.15, -0.1) is 0 Å². The number of halogens is 2. The molecule has 2 atom stereocenters. The van der Waals surface area contributed by atoms with Gasteiger partial charge in [-0.3, -0.25) is 9.89 Å². The zero-order valence-electron chi connectivity index (χ0n) is 22.4. The summed E-state index contributed by atoms with van der Waals surface area (Å²) >= 11 is 0. The van der Waals surface area contributed by atoms with E-state index in [0.717, 1.165) is 24.8 Å². The average molecular weight is 540 g/mol. The maximum absolute atomic E-state index is 15.0. The molecule has 2 heterocycles. The lowest BCUT2D eigenvalue weighted by molar-refractivity contribution is 0.102. The van der Waals surface area contributed by atoms with E-state index in [1.54, 1.807) is 19.1 Å². The first kappa shape index (κ1) is 27.7. The van der Waals surface area contributed by atoms with Crippen LogP contribution in [-0.4, -0.2) is 68.1 Å². The molecule has 2 aromatic carbocycles. The van der Waals surface area contributed by atoms with Gasteiger partial charge in [0.1, 0.15) is 0 Å². The minimum absolute atomic E-state index is 0.130. The largest absolute Gasteiger partial charge is 0.494 e. The number of piperazine rings is 1. The number of carbonyl (C=O) groups is 1. The molecule has 1 aromatic heterocycles. The predicted molar refractivity (Wildman–Crippen MR) is 147 cm³/mol. The Balaban J connectivity index is 1.55. The molecule has 0 unspecified atom stereocenters. The number of nitrogens with zero attached hydrogens (tertiary/aromatic N) is 4. The highest BCUT2D eigenvalue weighted by molar-refractivity contribution is 6.05. The van der Waals surface area contributed by atoms with Gasteiger partial charge in [-0.1, -0.05) is 0 Å². The molecule has 3 aromatic rings. The van der Waals surface area contributed by atoms with Crippen LogP contribution in [-0.2, 0) is 0 Å². The van der Waals surface area contributed by atoms with E-state index in [1.807, 2.05) is 12.1 Å². The molecule has 0 radical (unpaired) electrons. The first-order chi connectivity index (χ1) is 18.7. The number of carbonyl (C=O) groups excluding carboxylic acids is 1. The predicted octanol–water partition coefficient (Wildman–Crippen LogP) is 4.23. The molecule has 0 saturated carbocycles. The summed E-state index contributed by atoms with van der Waals surface area (Å²) in [5.41, 5.74) is 1.34. The molecular weight excluding hydrogens is 508 g/mol. The molecule has 206 valence electrons. The summed E-state index contributed by atoms with van der Waals surface area (Å²) < 4.78 is 39.9. The molecule has 39 heavy (non-hydrogen) atoms. The number of ether oxygens (including phenoxy) is 2. The van der Waals surface area contributed by atoms with Crippen molar-refractivity contribution in [2.75, 3.05) is 37.5 Å². The van der Waals surface area contributed by atoms with Gasteiger partial charge in [0.2, 0.25) is 0 Å². The van der Waals surface area contributed by atoms with E-state index in [2.05, 4.69) is 56.3 Å². The Kier molecular flexibility index (Phi) is 8.24. The van der Waals surface area contributed by atoms with Crippen LogP contribution in [0.3, 0.4) is 0 Å². The molecule has 0 bridgehead atoms. The molecule has 4 rings (SSSR count). The van der Waals surface area contributed by atoms with E-state index in [4.69, 9.17) is 9.47 Å². The third-order valence-electron chi connectivity index (χ3n) is 6.43. The van der Waals surface area contributed by atoms with Crippen LogP contribution in [0.2, 0.25) is 0 Å². The maximum Gasteiger partial charge on any atom is 0.256 e. The van der Waals surface area contributed by atoms with Crippen molar-refractivity contribution in [3.63, 3.8) is 0 Å². The third-order valence-corrected chi connectivity index (χ3v) is 6.43. The van der Waals surface area contributed by atoms with Crippen LogP contribution in [0, 0.1) is 18.6 Å². The smallest absolute Gasteiger partial charge is 0.256 e. The SMILES string of the molecule is C=N/C(=N\c1[nH]nc(NC(=O)c2ccc(N3C[C@@H](C)N[C@@H](C)C3)cc2)c1C)c1c(F)c(OC)cc(OC)c1F. The van der Waals surface area contributed by atoms with Gasteiger partial charge < -0.3 is 25.0 Å². The van der Waals surface area contributed by atoms with Crippen LogP contribution in [0.1, 0.15) is 35.3 Å². The number of benzene rings is 2. The molecule has 1 aliphatic rings. The number of aromatic amines is 1. The van der Waals surface area contributed by atoms with Crippen molar-refractivity contribution in [2.45, 2.75) is 32.9 Å². The zero-order valence-corrected chi connectivity index (χ0v) is 22.4. The summed E-state index contributed by atoms with van der Waals surface area (Å²) in [6.07, 6.45) is 0. The molecule has 3 N–H and O–H groups in total. The normalized spacial score (nSPS) is 17.6. The summed E-state index contributed by atoms with van der Waals surface area (Å²) in [6, 6.07) is 9.16. The number of amidine groups is 1. The number of hydrogen-bond donors (Lipinski definition) is 3. The number of rotatable bonds is 7. The van der Waals surface area contributed by atoms with E-state index in [9.17, 15) is 13.6 Å². The summed E-state index contributed by atoms with van der Waals surface area (Å²) in [6.45, 7) is 11.1. The Hall–Kier alpha value is -4.32. The Morgan fingerprint density at radius 1 is 1.10 bits per heavy atom. The number of amides is 1. The van der Waals surface area contributed by atoms with Gasteiger partial charge in [-0.25, -0.2) is 18.8 Å². The van der Waals surface area contributed by atoms with Gasteiger partial charge in [0.25, 0.3) is 5.91 Å². The molecule has 1 fully saturated rings. The maximum atomic E-state index is 15.0. The van der Waals surface area contributed by atoms with Gasteiger partial charge in [-0.05, 0) is 51.8 Å². The van der Waals surface area contributed by atoms with Crippen LogP contribution in [0.15, 0.2) is 40.3 Å². The summed E-state index contributed by atoms with van der Waals surface area (Å²) in [5, 5.41) is 13.0. The van der Waals surface area contributed by atoms with Gasteiger partial charge in [-0.2, -0.15) is 5.10 Å². The number of anilines is 2. The minimum Gasteiger partial charge on any atom is -0.494 e. The van der Waals surface area contributed by atoms with Crippen molar-refractivity contribution in [1.29, 1.82) is 0 Å². The van der Waals surface area contributed by atoms with Crippen molar-refractivity contribution in [2.24, 2.45) is 9.98 Å². The summed E-state index contributed by atoms with van der Waals surface area (Å²) in [7, 11) is 2.48. The van der Waals surface area contributed by atoms with Gasteiger partial charge in [0.15, 0.2) is 40.6 Å². The molecule has 1 aliphatic heterocycles. The summed E-state index contributed by atoms with van der Waals surface area (Å²) in [5.74, 6) is -2.92. The second-order valence-corrected chi connectivity index (χ2v) is 9.30. The molecule has 0 aliphatic carbocycles. The monoisotopic (exact) mass is 539 g/mol. The first-order valence-electron chi connectivity index (χ1n) is 12.3.